The molecule has 0 unspecified atom stereocenters. The van der Waals surface area contributed by atoms with Crippen LogP contribution in [0, 0.1) is 0 Å². The first-order chi connectivity index (χ1) is 20.6. The highest BCUT2D eigenvalue weighted by molar-refractivity contribution is 6.19. The summed E-state index contributed by atoms with van der Waals surface area (Å²) in [7, 11) is 0. The molecule has 0 saturated carbocycles. The predicted molar refractivity (Wildman–Crippen MR) is 113 cm³/mol. The topological polar surface area (TPSA) is 77.3 Å². The van der Waals surface area contributed by atoms with E-state index in [1.54, 1.807) is 0 Å². The maximum absolute atomic E-state index is 13.8. The summed E-state index contributed by atoms with van der Waals surface area (Å²) in [6.07, 6.45) is -35.7. The fourth-order valence-electron chi connectivity index (χ4n) is 4.19. The number of aromatic nitrogens is 6. The Morgan fingerprint density at radius 3 is 0.891 bits per heavy atom. The number of benzene rings is 2. The Bertz CT molecular complexity index is 2070. The van der Waals surface area contributed by atoms with Crippen LogP contribution in [0.15, 0.2) is 12.1 Å². The lowest BCUT2D eigenvalue weighted by atomic mass is 10.1. The van der Waals surface area contributed by atoms with Gasteiger partial charge in [-0.2, -0.15) is 79.0 Å². The van der Waals surface area contributed by atoms with E-state index in [1.165, 1.54) is 0 Å². The second-order valence-corrected chi connectivity index (χ2v) is 9.03. The highest BCUT2D eigenvalue weighted by Gasteiger charge is 2.49. The molecule has 246 valence electrons. The van der Waals surface area contributed by atoms with Crippen LogP contribution in [0.25, 0.3) is 44.1 Å². The molecule has 0 atom stereocenters. The second kappa shape index (κ2) is 9.49. The molecule has 24 heteroatoms. The quantitative estimate of drug-likeness (QED) is 0.0918. The number of rotatable bonds is 0. The summed E-state index contributed by atoms with van der Waals surface area (Å²) in [6, 6.07) is -0.674. The summed E-state index contributed by atoms with van der Waals surface area (Å²) in [6.45, 7) is 0. The van der Waals surface area contributed by atoms with Gasteiger partial charge in [-0.3, -0.25) is 0 Å². The first-order valence-corrected chi connectivity index (χ1v) is 11.2. The summed E-state index contributed by atoms with van der Waals surface area (Å²) in [5, 5.41) is 0. The summed E-state index contributed by atoms with van der Waals surface area (Å²) in [4.78, 5) is 17.1. The summed E-state index contributed by atoms with van der Waals surface area (Å²) < 4.78 is 245. The largest absolute Gasteiger partial charge is 0.435 e. The number of fused-ring (bicyclic) bond motifs is 7. The number of alkyl halides is 18. The van der Waals surface area contributed by atoms with Gasteiger partial charge in [0.15, 0.2) is 22.8 Å². The zero-order chi connectivity index (χ0) is 34.7. The molecule has 3 aromatic heterocycles. The van der Waals surface area contributed by atoms with Gasteiger partial charge in [0.2, 0.25) is 0 Å². The van der Waals surface area contributed by atoms with E-state index in [2.05, 4.69) is 29.9 Å². The van der Waals surface area contributed by atoms with Gasteiger partial charge in [-0.05, 0) is 12.1 Å². The fraction of sp³-hybridized carbons (Fsp3) is 0.273. The van der Waals surface area contributed by atoms with Gasteiger partial charge >= 0.3 is 37.1 Å². The average Bonchev–Trinajstić information content (AvgIpc) is 2.87. The summed E-state index contributed by atoms with van der Waals surface area (Å²) >= 11 is 0. The molecule has 3 heterocycles. The lowest BCUT2D eigenvalue weighted by Gasteiger charge is -2.19. The fourth-order valence-corrected chi connectivity index (χ4v) is 4.19. The molecular weight excluding hydrogens is 690 g/mol. The van der Waals surface area contributed by atoms with Gasteiger partial charge in [-0.25, -0.2) is 29.9 Å². The van der Waals surface area contributed by atoms with E-state index in [1.807, 2.05) is 0 Å². The molecule has 0 aliphatic heterocycles. The monoisotopic (exact) mass is 692 g/mol. The first kappa shape index (κ1) is 32.8. The van der Waals surface area contributed by atoms with E-state index in [-0.39, 0.29) is 6.07 Å². The highest BCUT2D eigenvalue weighted by Crippen LogP contribution is 2.45. The lowest BCUT2D eigenvalue weighted by Crippen LogP contribution is -2.22. The van der Waals surface area contributed by atoms with Crippen molar-refractivity contribution in [3.8, 4) is 0 Å². The minimum absolute atomic E-state index is 0.144. The lowest BCUT2D eigenvalue weighted by molar-refractivity contribution is -0.167. The van der Waals surface area contributed by atoms with Crippen molar-refractivity contribution in [1.29, 1.82) is 0 Å². The van der Waals surface area contributed by atoms with Crippen LogP contribution < -0.4 is 0 Å². The van der Waals surface area contributed by atoms with Crippen LogP contribution in [0.2, 0.25) is 0 Å². The minimum Gasteiger partial charge on any atom is -0.242 e. The van der Waals surface area contributed by atoms with Gasteiger partial charge in [-0.1, -0.05) is 0 Å². The molecule has 6 nitrogen and oxygen atoms in total. The van der Waals surface area contributed by atoms with E-state index in [0.717, 1.165) is 0 Å². The molecule has 0 amide bonds. The number of hydrogen-bond acceptors (Lipinski definition) is 6. The van der Waals surface area contributed by atoms with Crippen molar-refractivity contribution < 1.29 is 79.0 Å². The maximum atomic E-state index is 13.8. The average molecular weight is 692 g/mol. The molecule has 0 saturated heterocycles. The van der Waals surface area contributed by atoms with E-state index >= 15 is 0 Å². The standard InChI is InChI=1S/C22H2F18N6/c23-17(24,25)3-1-4(18(26,27)28)6-5(2-3)41-7-8(42-6)10-12(46-16(22(38,39)40)14(44-10)20(32,33)34)11-9(7)43-13(19(29,30)31)15(45-11)21(35,36)37/h1-2H. The molecular formula is C22H2F18N6. The van der Waals surface area contributed by atoms with Crippen LogP contribution in [-0.2, 0) is 37.1 Å². The summed E-state index contributed by atoms with van der Waals surface area (Å²) in [5.74, 6) is 0. The molecule has 0 fully saturated rings. The van der Waals surface area contributed by atoms with Crippen LogP contribution in [0.3, 0.4) is 0 Å². The summed E-state index contributed by atoms with van der Waals surface area (Å²) in [5.41, 5.74) is -29.3. The molecule has 0 N–H and O–H groups in total. The third-order valence-electron chi connectivity index (χ3n) is 5.94. The molecule has 2 aromatic carbocycles. The van der Waals surface area contributed by atoms with Gasteiger partial charge in [0.1, 0.15) is 38.6 Å². The van der Waals surface area contributed by atoms with Gasteiger partial charge in [0.25, 0.3) is 0 Å². The molecule has 0 bridgehead atoms. The minimum atomic E-state index is -6.11. The van der Waals surface area contributed by atoms with Crippen molar-refractivity contribution in [2.45, 2.75) is 37.1 Å². The van der Waals surface area contributed by atoms with Crippen LogP contribution in [0.4, 0.5) is 79.0 Å². The van der Waals surface area contributed by atoms with Gasteiger partial charge in [0, 0.05) is 0 Å². The van der Waals surface area contributed by atoms with Crippen molar-refractivity contribution in [2.24, 2.45) is 0 Å². The van der Waals surface area contributed by atoms with Crippen molar-refractivity contribution >= 4 is 44.1 Å². The predicted octanol–water partition coefficient (Wildman–Crippen LogP) is 8.78. The second-order valence-electron chi connectivity index (χ2n) is 9.03. The number of hydrogen-bond donors (Lipinski definition) is 0. The Hall–Kier alpha value is -4.54. The zero-order valence-corrected chi connectivity index (χ0v) is 20.6. The van der Waals surface area contributed by atoms with Crippen molar-refractivity contribution in [3.63, 3.8) is 0 Å². The van der Waals surface area contributed by atoms with Crippen molar-refractivity contribution in [3.05, 3.63) is 46.0 Å². The van der Waals surface area contributed by atoms with Crippen LogP contribution in [0.1, 0.15) is 33.9 Å². The van der Waals surface area contributed by atoms with Gasteiger partial charge in [-0.15, -0.1) is 0 Å². The number of nitrogens with zero attached hydrogens (tertiary/aromatic N) is 6. The van der Waals surface area contributed by atoms with Crippen molar-refractivity contribution in [1.82, 2.24) is 29.9 Å². The Balaban J connectivity index is 2.17. The van der Waals surface area contributed by atoms with Gasteiger partial charge < -0.3 is 0 Å². The molecule has 5 aromatic rings. The number of halogens is 18. The van der Waals surface area contributed by atoms with Crippen LogP contribution in [-0.4, -0.2) is 29.9 Å². The Morgan fingerprint density at radius 2 is 0.609 bits per heavy atom. The Labute approximate surface area is 237 Å². The van der Waals surface area contributed by atoms with Crippen LogP contribution in [0.5, 0.6) is 0 Å². The van der Waals surface area contributed by atoms with Crippen molar-refractivity contribution in [2.75, 3.05) is 0 Å². The third-order valence-corrected chi connectivity index (χ3v) is 5.94. The van der Waals surface area contributed by atoms with Crippen LogP contribution >= 0.6 is 0 Å². The normalized spacial score (nSPS) is 14.3. The van der Waals surface area contributed by atoms with E-state index in [9.17, 15) is 79.0 Å². The molecule has 46 heavy (non-hydrogen) atoms. The Kier molecular flexibility index (Phi) is 6.78. The first-order valence-electron chi connectivity index (χ1n) is 11.2. The molecule has 0 aliphatic rings. The van der Waals surface area contributed by atoms with E-state index in [4.69, 9.17) is 0 Å². The molecule has 0 aliphatic carbocycles. The van der Waals surface area contributed by atoms with E-state index in [0.29, 0.717) is 0 Å². The van der Waals surface area contributed by atoms with Gasteiger partial charge in [0.05, 0.1) is 16.6 Å². The van der Waals surface area contributed by atoms with E-state index < -0.39 is 121 Å². The Morgan fingerprint density at radius 1 is 0.304 bits per heavy atom. The third kappa shape index (κ3) is 5.45. The smallest absolute Gasteiger partial charge is 0.242 e. The molecule has 0 spiro atoms. The zero-order valence-electron chi connectivity index (χ0n) is 20.6. The highest BCUT2D eigenvalue weighted by atomic mass is 19.4. The SMILES string of the molecule is FC(F)(F)c1cc(C(F)(F)F)c2nc3c4nc(C(F)(F)F)c(C(F)(F)F)nc4c4nc(C(F)(F)F)c(C(F)(F)F)nc4c3nc2c1. The maximum Gasteiger partial charge on any atom is 0.435 e. The molecule has 5 rings (SSSR count). The molecule has 0 radical (unpaired) electrons.